The lowest BCUT2D eigenvalue weighted by atomic mass is 9.93. The molecular formula is C60H94O11S2Si2. The first-order valence-corrected chi connectivity index (χ1v) is 35.1. The molecular weight excluding hydrogens is 1020 g/mol. The second-order valence-corrected chi connectivity index (χ2v) is 35.7. The number of ketones is 2. The van der Waals surface area contributed by atoms with Crippen molar-refractivity contribution >= 4 is 57.0 Å². The maximum Gasteiger partial charge on any atom is 0.351 e. The summed E-state index contributed by atoms with van der Waals surface area (Å²) < 4.78 is 23.4. The van der Waals surface area contributed by atoms with Gasteiger partial charge in [-0.25, -0.2) is 9.59 Å². The van der Waals surface area contributed by atoms with E-state index in [9.17, 15) is 34.5 Å². The first-order chi connectivity index (χ1) is 35.0. The molecule has 0 bridgehead atoms. The van der Waals surface area contributed by atoms with Gasteiger partial charge in [-0.2, -0.15) is 0 Å². The van der Waals surface area contributed by atoms with Crippen LogP contribution in [-0.4, -0.2) is 56.7 Å². The largest absolute Gasteiger partial charge is 0.507 e. The molecule has 0 aromatic carbocycles. The van der Waals surface area contributed by atoms with Gasteiger partial charge in [0.15, 0.2) is 28.2 Å². The van der Waals surface area contributed by atoms with Crippen molar-refractivity contribution in [1.29, 1.82) is 0 Å². The lowest BCUT2D eigenvalue weighted by molar-refractivity contribution is 0.0715. The lowest BCUT2D eigenvalue weighted by Gasteiger charge is -2.36. The molecule has 0 spiro atoms. The predicted molar refractivity (Wildman–Crippen MR) is 316 cm³/mol. The van der Waals surface area contributed by atoms with Crippen molar-refractivity contribution in [2.45, 2.75) is 227 Å². The number of hydrogen-bond acceptors (Lipinski definition) is 13. The average molecular weight is 1110 g/mol. The number of carbonyl (C=O) groups excluding carboxylic acids is 2. The monoisotopic (exact) mass is 1110 g/mol. The van der Waals surface area contributed by atoms with Crippen LogP contribution < -0.4 is 11.3 Å². The van der Waals surface area contributed by atoms with Crippen molar-refractivity contribution in [3.8, 4) is 11.5 Å². The number of aryl methyl sites for hydroxylation is 2. The lowest BCUT2D eigenvalue weighted by Crippen LogP contribution is -2.41. The van der Waals surface area contributed by atoms with Crippen molar-refractivity contribution in [2.75, 3.05) is 13.2 Å². The molecule has 0 fully saturated rings. The van der Waals surface area contributed by atoms with Crippen LogP contribution in [-0.2, 0) is 21.7 Å². The first kappa shape index (κ1) is 65.6. The fourth-order valence-corrected chi connectivity index (χ4v) is 12.3. The van der Waals surface area contributed by atoms with E-state index in [1.54, 1.807) is 31.3 Å². The summed E-state index contributed by atoms with van der Waals surface area (Å²) in [6.07, 6.45) is 15.3. The van der Waals surface area contributed by atoms with Crippen LogP contribution >= 0.6 is 22.7 Å². The van der Waals surface area contributed by atoms with Crippen molar-refractivity contribution in [2.24, 2.45) is 5.92 Å². The van der Waals surface area contributed by atoms with Gasteiger partial charge < -0.3 is 33.0 Å². The molecule has 75 heavy (non-hydrogen) atoms. The molecule has 4 atom stereocenters. The van der Waals surface area contributed by atoms with Crippen LogP contribution in [0.2, 0.25) is 36.3 Å². The normalized spacial score (nSPS) is 14.3. The zero-order valence-corrected chi connectivity index (χ0v) is 52.2. The molecule has 4 rings (SSSR count). The van der Waals surface area contributed by atoms with Gasteiger partial charge in [-0.3, -0.25) is 9.59 Å². The topological polar surface area (TPSA) is 174 Å². The Bertz CT molecular complexity index is 2570. The van der Waals surface area contributed by atoms with E-state index in [4.69, 9.17) is 17.7 Å². The van der Waals surface area contributed by atoms with Crippen molar-refractivity contribution in [1.82, 2.24) is 0 Å². The molecule has 4 heterocycles. The van der Waals surface area contributed by atoms with E-state index in [2.05, 4.69) is 87.6 Å². The van der Waals surface area contributed by atoms with Gasteiger partial charge in [0.25, 0.3) is 0 Å². The van der Waals surface area contributed by atoms with E-state index in [1.807, 2.05) is 32.0 Å². The summed E-state index contributed by atoms with van der Waals surface area (Å²) in [6, 6.07) is 10.7. The Morgan fingerprint density at radius 3 is 1.53 bits per heavy atom. The third kappa shape index (κ3) is 19.9. The van der Waals surface area contributed by atoms with E-state index in [-0.39, 0.29) is 33.2 Å². The molecule has 0 saturated carbocycles. The molecule has 4 aromatic rings. The number of rotatable bonds is 29. The maximum absolute atomic E-state index is 13.1. The molecule has 0 aliphatic carbocycles. The highest BCUT2D eigenvalue weighted by Gasteiger charge is 2.38. The Morgan fingerprint density at radius 2 is 1.09 bits per heavy atom. The van der Waals surface area contributed by atoms with Gasteiger partial charge in [-0.05, 0) is 130 Å². The molecule has 4 unspecified atom stereocenters. The summed E-state index contributed by atoms with van der Waals surface area (Å²) in [5.41, 5.74) is -1.96. The Morgan fingerprint density at radius 1 is 0.653 bits per heavy atom. The fraction of sp³-hybridized carbons (Fsp3) is 0.633. The number of unbranched alkanes of at least 4 members (excludes halogenated alkanes) is 6. The van der Waals surface area contributed by atoms with Crippen molar-refractivity contribution in [3.05, 3.63) is 105 Å². The second-order valence-electron chi connectivity index (χ2n) is 23.7. The predicted octanol–water partition coefficient (Wildman–Crippen LogP) is 16.7. The van der Waals surface area contributed by atoms with E-state index in [1.165, 1.54) is 78.2 Å². The molecule has 15 heteroatoms. The number of carbonyl (C=O) groups is 2. The van der Waals surface area contributed by atoms with E-state index in [0.717, 1.165) is 49.8 Å². The highest BCUT2D eigenvalue weighted by molar-refractivity contribution is 7.13. The van der Waals surface area contributed by atoms with Crippen molar-refractivity contribution < 1.29 is 42.6 Å². The average Bonchev–Trinajstić information content (AvgIpc) is 4.00. The summed E-state index contributed by atoms with van der Waals surface area (Å²) in [4.78, 5) is 55.7. The summed E-state index contributed by atoms with van der Waals surface area (Å²) in [5, 5.41) is 32.4. The third-order valence-corrected chi connectivity index (χ3v) is 26.6. The molecule has 11 nitrogen and oxygen atoms in total. The van der Waals surface area contributed by atoms with Gasteiger partial charge in [0.05, 0.1) is 12.0 Å². The van der Waals surface area contributed by atoms with Crippen LogP contribution in [0.4, 0.5) is 0 Å². The second kappa shape index (κ2) is 29.9. The molecule has 0 aliphatic heterocycles. The quantitative estimate of drug-likeness (QED) is 0.0204. The molecule has 4 aromatic heterocycles. The summed E-state index contributed by atoms with van der Waals surface area (Å²) in [6.45, 7) is 34.9. The van der Waals surface area contributed by atoms with Crippen LogP contribution in [0, 0.1) is 5.92 Å². The molecule has 0 saturated heterocycles. The van der Waals surface area contributed by atoms with Gasteiger partial charge >= 0.3 is 11.3 Å². The Balaban J connectivity index is 0.000000395. The zero-order chi connectivity index (χ0) is 56.5. The van der Waals surface area contributed by atoms with Crippen molar-refractivity contribution in [3.63, 3.8) is 0 Å². The number of aromatic hydroxyl groups is 2. The summed E-state index contributed by atoms with van der Waals surface area (Å²) >= 11 is 3.15. The van der Waals surface area contributed by atoms with Gasteiger partial charge in [-0.15, -0.1) is 22.7 Å². The smallest absolute Gasteiger partial charge is 0.351 e. The molecule has 0 radical (unpaired) electrons. The number of allylic oxidation sites excluding steroid dienone is 1. The molecule has 0 amide bonds. The summed E-state index contributed by atoms with van der Waals surface area (Å²) in [5.74, 6) is -2.21. The number of thiophene rings is 2. The minimum absolute atomic E-state index is 0.0794. The van der Waals surface area contributed by atoms with Crippen LogP contribution in [0.1, 0.15) is 230 Å². The number of aliphatic hydroxyl groups excluding tert-OH is 1. The Hall–Kier alpha value is -3.71. The highest BCUT2D eigenvalue weighted by atomic mass is 32.1. The first-order valence-electron chi connectivity index (χ1n) is 27.6. The van der Waals surface area contributed by atoms with Crippen LogP contribution in [0.5, 0.6) is 11.5 Å². The number of Topliss-reactive ketones (excluding diaryl/α,β-unsaturated/α-hetero) is 2. The standard InChI is InChI=1S/C30H48O6SSi.C30H46O5SSi/c1-9-10-11-12-15-22-16-17-25(37-22)27(32)21(3)28(33)26-23(31)19-24(36-29(26)34)20(2)14-13-18-35-38(7,8)30(4,5)6;1-9-10-11-12-15-23-16-17-24(36-23)19-22(3)28(32)27-25(31)20-26(35-29(27)33)21(2)14-13-18-34-37(7,8)30(4,5)6/h16-17,19-21,27,31-32H,9-15,18H2,1-8H3;16-17,19-21,31H,9-15,18H2,1-8H3. The van der Waals surface area contributed by atoms with Gasteiger partial charge in [0.2, 0.25) is 0 Å². The summed E-state index contributed by atoms with van der Waals surface area (Å²) in [7, 11) is -3.61. The van der Waals surface area contributed by atoms with Gasteiger partial charge in [0, 0.05) is 56.7 Å². The van der Waals surface area contributed by atoms with E-state index < -0.39 is 62.8 Å². The van der Waals surface area contributed by atoms with Crippen LogP contribution in [0.25, 0.3) is 6.08 Å². The Labute approximate surface area is 459 Å². The third-order valence-electron chi connectivity index (χ3n) is 15.3. The van der Waals surface area contributed by atoms with Crippen LogP contribution in [0.15, 0.2) is 60.4 Å². The minimum Gasteiger partial charge on any atom is -0.507 e. The van der Waals surface area contributed by atoms with Crippen LogP contribution in [0.3, 0.4) is 0 Å². The SMILES string of the molecule is CCCCCCc1ccc(C(O)C(C)C(=O)c2c(O)cc(C(C)CCCO[Si](C)(C)C(C)(C)C)oc2=O)s1.CCCCCCc1ccc(C=C(C)C(=O)c2c(O)cc(C(C)CCCO[Si](C)(C)C(C)(C)C)oc2=O)s1. The number of aliphatic hydroxyl groups is 1. The zero-order valence-electron chi connectivity index (χ0n) is 48.6. The van der Waals surface area contributed by atoms with Gasteiger partial charge in [-0.1, -0.05) is 115 Å². The molecule has 0 aliphatic rings. The highest BCUT2D eigenvalue weighted by Crippen LogP contribution is 2.39. The Kier molecular flexibility index (Phi) is 26.1. The molecule has 3 N–H and O–H groups in total. The maximum atomic E-state index is 13.1. The molecule has 420 valence electrons. The fourth-order valence-electron chi connectivity index (χ4n) is 7.91. The van der Waals surface area contributed by atoms with E-state index >= 15 is 0 Å². The number of hydrogen-bond donors (Lipinski definition) is 3. The minimum atomic E-state index is -1.82. The van der Waals surface area contributed by atoms with E-state index in [0.29, 0.717) is 35.2 Å². The van der Waals surface area contributed by atoms with Gasteiger partial charge in [0.1, 0.15) is 34.1 Å².